The smallest absolute Gasteiger partial charge is 0.317 e. The number of halogens is 3. The van der Waals surface area contributed by atoms with E-state index >= 15 is 0 Å². The second-order valence-corrected chi connectivity index (χ2v) is 3.92. The Labute approximate surface area is 78.3 Å². The molecule has 0 unspecified atom stereocenters. The molecule has 0 rings (SSSR count). The summed E-state index contributed by atoms with van der Waals surface area (Å²) < 4.78 is -1.88. The monoisotopic (exact) mass is 221 g/mol. The van der Waals surface area contributed by atoms with Gasteiger partial charge in [-0.15, -0.1) is 0 Å². The Morgan fingerprint density at radius 1 is 1.45 bits per heavy atom. The number of rotatable bonds is 3. The molecule has 7 heteroatoms. The molecule has 0 aromatic rings. The van der Waals surface area contributed by atoms with Gasteiger partial charge >= 0.3 is 5.97 Å². The predicted octanol–water partition coefficient (Wildman–Crippen LogP) is 0.651. The number of hydrogen-bond donors (Lipinski definition) is 2. The second-order valence-electron chi connectivity index (χ2n) is 1.70. The lowest BCUT2D eigenvalue weighted by atomic mass is 10.6. The molecule has 0 aliphatic carbocycles. The molecule has 0 heterocycles. The van der Waals surface area contributed by atoms with E-state index in [2.05, 4.69) is 0 Å². The summed E-state index contributed by atoms with van der Waals surface area (Å²) in [5.41, 5.74) is 0. The van der Waals surface area contributed by atoms with Gasteiger partial charge in [0.2, 0.25) is 3.92 Å². The lowest BCUT2D eigenvalue weighted by Crippen LogP contribution is -2.39. The summed E-state index contributed by atoms with van der Waals surface area (Å²) in [6.07, 6.45) is 0. The minimum Gasteiger partial charge on any atom is -0.480 e. The number of nitrogens with zero attached hydrogens (tertiary/aromatic N) is 1. The van der Waals surface area contributed by atoms with Crippen molar-refractivity contribution in [1.29, 1.82) is 0 Å². The van der Waals surface area contributed by atoms with Crippen LogP contribution in [0.3, 0.4) is 0 Å². The summed E-state index contributed by atoms with van der Waals surface area (Å²) in [7, 11) is 0. The fourth-order valence-corrected chi connectivity index (χ4v) is 0.723. The van der Waals surface area contributed by atoms with E-state index in [9.17, 15) is 4.79 Å². The molecule has 0 saturated heterocycles. The molecule has 0 atom stereocenters. The number of carboxylic acid groups (broad SMARTS) is 1. The molecular formula is C4H6Cl3NO3. The largest absolute Gasteiger partial charge is 0.480 e. The van der Waals surface area contributed by atoms with Gasteiger partial charge < -0.3 is 10.2 Å². The van der Waals surface area contributed by atoms with Gasteiger partial charge in [-0.25, -0.2) is 4.90 Å². The van der Waals surface area contributed by atoms with Gasteiger partial charge in [-0.3, -0.25) is 4.79 Å². The van der Waals surface area contributed by atoms with E-state index in [0.717, 1.165) is 4.90 Å². The third kappa shape index (κ3) is 4.66. The SMILES string of the molecule is O=C(O)CN(CO)C(Cl)(Cl)Cl. The van der Waals surface area contributed by atoms with E-state index in [0.29, 0.717) is 0 Å². The molecule has 66 valence electrons. The van der Waals surface area contributed by atoms with Gasteiger partial charge in [0.05, 0.1) is 6.73 Å². The molecule has 0 aromatic heterocycles. The van der Waals surface area contributed by atoms with Crippen LogP contribution in [0.25, 0.3) is 0 Å². The van der Waals surface area contributed by atoms with Gasteiger partial charge in [-0.05, 0) is 0 Å². The number of aliphatic carboxylic acids is 1. The van der Waals surface area contributed by atoms with Gasteiger partial charge in [0.1, 0.15) is 6.54 Å². The molecule has 0 spiro atoms. The first-order valence-electron chi connectivity index (χ1n) is 2.52. The van der Waals surface area contributed by atoms with Crippen LogP contribution in [0.5, 0.6) is 0 Å². The van der Waals surface area contributed by atoms with Gasteiger partial charge in [0.15, 0.2) is 0 Å². The maximum Gasteiger partial charge on any atom is 0.317 e. The van der Waals surface area contributed by atoms with Gasteiger partial charge in [0.25, 0.3) is 0 Å². The number of hydrogen-bond acceptors (Lipinski definition) is 3. The van der Waals surface area contributed by atoms with Crippen molar-refractivity contribution >= 4 is 40.8 Å². The van der Waals surface area contributed by atoms with Crippen LogP contribution < -0.4 is 0 Å². The van der Waals surface area contributed by atoms with Crippen LogP contribution in [0.15, 0.2) is 0 Å². The molecule has 0 aliphatic rings. The summed E-state index contributed by atoms with van der Waals surface area (Å²) >= 11 is 15.8. The molecule has 0 amide bonds. The van der Waals surface area contributed by atoms with Gasteiger partial charge in [-0.1, -0.05) is 34.8 Å². The Morgan fingerprint density at radius 3 is 2.00 bits per heavy atom. The Morgan fingerprint density at radius 2 is 1.91 bits per heavy atom. The highest BCUT2D eigenvalue weighted by Crippen LogP contribution is 2.29. The highest BCUT2D eigenvalue weighted by atomic mass is 35.6. The van der Waals surface area contributed by atoms with E-state index in [4.69, 9.17) is 45.0 Å². The Kier molecular flexibility index (Phi) is 4.43. The molecular weight excluding hydrogens is 216 g/mol. The molecule has 0 aromatic carbocycles. The van der Waals surface area contributed by atoms with E-state index < -0.39 is 23.2 Å². The van der Waals surface area contributed by atoms with Crippen LogP contribution in [0.1, 0.15) is 0 Å². The molecule has 0 radical (unpaired) electrons. The summed E-state index contributed by atoms with van der Waals surface area (Å²) in [6.45, 7) is -1.14. The molecule has 11 heavy (non-hydrogen) atoms. The van der Waals surface area contributed by atoms with Crippen LogP contribution in [0, 0.1) is 0 Å². The zero-order valence-corrected chi connectivity index (χ0v) is 7.57. The first kappa shape index (κ1) is 11.3. The minimum atomic E-state index is -1.88. The average molecular weight is 222 g/mol. The van der Waals surface area contributed by atoms with Crippen LogP contribution >= 0.6 is 34.8 Å². The van der Waals surface area contributed by atoms with Crippen molar-refractivity contribution in [2.75, 3.05) is 13.3 Å². The summed E-state index contributed by atoms with van der Waals surface area (Å²) in [5.74, 6) is -1.18. The molecule has 0 aliphatic heterocycles. The van der Waals surface area contributed by atoms with Crippen molar-refractivity contribution in [3.05, 3.63) is 0 Å². The minimum absolute atomic E-state index is 0.521. The highest BCUT2D eigenvalue weighted by molar-refractivity contribution is 6.67. The zero-order chi connectivity index (χ0) is 9.07. The maximum absolute atomic E-state index is 10.1. The van der Waals surface area contributed by atoms with Crippen molar-refractivity contribution in [2.45, 2.75) is 3.92 Å². The molecule has 0 saturated carbocycles. The number of carbonyl (C=O) groups is 1. The van der Waals surface area contributed by atoms with Crippen molar-refractivity contribution in [3.63, 3.8) is 0 Å². The van der Waals surface area contributed by atoms with E-state index in [-0.39, 0.29) is 0 Å². The summed E-state index contributed by atoms with van der Waals surface area (Å²) in [6, 6.07) is 0. The molecule has 2 N–H and O–H groups in total. The predicted molar refractivity (Wildman–Crippen MR) is 41.7 cm³/mol. The van der Waals surface area contributed by atoms with Gasteiger partial charge in [-0.2, -0.15) is 0 Å². The standard InChI is InChI=1S/C4H6Cl3NO3/c5-4(6,7)8(2-9)1-3(10)11/h9H,1-2H2,(H,10,11). The lowest BCUT2D eigenvalue weighted by molar-refractivity contribution is -0.139. The van der Waals surface area contributed by atoms with Crippen molar-refractivity contribution in [3.8, 4) is 0 Å². The van der Waals surface area contributed by atoms with E-state index in [1.807, 2.05) is 0 Å². The first-order valence-corrected chi connectivity index (χ1v) is 3.65. The molecule has 0 bridgehead atoms. The maximum atomic E-state index is 10.1. The van der Waals surface area contributed by atoms with E-state index in [1.54, 1.807) is 0 Å². The van der Waals surface area contributed by atoms with Crippen LogP contribution in [0.4, 0.5) is 0 Å². The zero-order valence-electron chi connectivity index (χ0n) is 5.30. The number of aliphatic hydroxyl groups is 1. The van der Waals surface area contributed by atoms with Crippen molar-refractivity contribution in [2.24, 2.45) is 0 Å². The van der Waals surface area contributed by atoms with Crippen LogP contribution in [-0.2, 0) is 4.79 Å². The molecule has 0 fully saturated rings. The quantitative estimate of drug-likeness (QED) is 0.418. The van der Waals surface area contributed by atoms with E-state index in [1.165, 1.54) is 0 Å². The first-order chi connectivity index (χ1) is 4.88. The lowest BCUT2D eigenvalue weighted by Gasteiger charge is -2.24. The average Bonchev–Trinajstić information content (AvgIpc) is 1.79. The van der Waals surface area contributed by atoms with Crippen molar-refractivity contribution in [1.82, 2.24) is 4.90 Å². The van der Waals surface area contributed by atoms with Gasteiger partial charge in [0, 0.05) is 0 Å². The fourth-order valence-electron chi connectivity index (χ4n) is 0.383. The third-order valence-corrected chi connectivity index (χ3v) is 1.57. The fraction of sp³-hybridized carbons (Fsp3) is 0.750. The third-order valence-electron chi connectivity index (χ3n) is 0.855. The summed E-state index contributed by atoms with van der Waals surface area (Å²) in [5, 5.41) is 16.8. The number of alkyl halides is 3. The van der Waals surface area contributed by atoms with Crippen LogP contribution in [0.2, 0.25) is 0 Å². The van der Waals surface area contributed by atoms with Crippen molar-refractivity contribution < 1.29 is 15.0 Å². The number of aliphatic hydroxyl groups excluding tert-OH is 1. The van der Waals surface area contributed by atoms with Crippen LogP contribution in [-0.4, -0.2) is 38.3 Å². The molecule has 4 nitrogen and oxygen atoms in total. The normalized spacial score (nSPS) is 12.1. The second kappa shape index (κ2) is 4.33. The topological polar surface area (TPSA) is 60.8 Å². The Hall–Kier alpha value is 0.260. The Balaban J connectivity index is 4.07. The highest BCUT2D eigenvalue weighted by Gasteiger charge is 2.30. The number of carboxylic acids is 1. The Bertz CT molecular complexity index is 146. The summed E-state index contributed by atoms with van der Waals surface area (Å²) in [4.78, 5) is 10.9.